The van der Waals surface area contributed by atoms with Gasteiger partial charge in [0.05, 0.1) is 17.2 Å². The largest absolute Gasteiger partial charge is 0.416 e. The van der Waals surface area contributed by atoms with Crippen molar-refractivity contribution in [2.75, 3.05) is 5.32 Å². The maximum atomic E-state index is 13.0. The number of benzene rings is 2. The van der Waals surface area contributed by atoms with Gasteiger partial charge in [0.2, 0.25) is 0 Å². The molecule has 0 fully saturated rings. The summed E-state index contributed by atoms with van der Waals surface area (Å²) in [4.78, 5) is 0. The first kappa shape index (κ1) is 16.7. The van der Waals surface area contributed by atoms with E-state index in [1.165, 1.54) is 0 Å². The van der Waals surface area contributed by atoms with Gasteiger partial charge in [-0.1, -0.05) is 18.2 Å². The third kappa shape index (κ3) is 3.34. The fourth-order valence-corrected chi connectivity index (χ4v) is 2.87. The highest BCUT2D eigenvalue weighted by atomic mass is 19.4. The van der Waals surface area contributed by atoms with Crippen molar-refractivity contribution in [3.63, 3.8) is 0 Å². The molecule has 1 aliphatic rings. The SMILES string of the molecule is FC(F)(F)c1cc(C2CCc3ccccc3N2)cc(C(F)(F)F)c1. The van der Waals surface area contributed by atoms with Crippen LogP contribution in [0.1, 0.15) is 34.7 Å². The molecule has 0 amide bonds. The Morgan fingerprint density at radius 2 is 1.42 bits per heavy atom. The number of rotatable bonds is 1. The van der Waals surface area contributed by atoms with Gasteiger partial charge in [0.25, 0.3) is 0 Å². The molecule has 0 saturated carbocycles. The Bertz CT molecular complexity index is 715. The zero-order valence-electron chi connectivity index (χ0n) is 12.3. The molecule has 1 atom stereocenters. The lowest BCUT2D eigenvalue weighted by molar-refractivity contribution is -0.143. The fourth-order valence-electron chi connectivity index (χ4n) is 2.87. The van der Waals surface area contributed by atoms with Crippen molar-refractivity contribution in [1.29, 1.82) is 0 Å². The zero-order chi connectivity index (χ0) is 17.5. The van der Waals surface area contributed by atoms with Gasteiger partial charge in [-0.05, 0) is 48.2 Å². The zero-order valence-corrected chi connectivity index (χ0v) is 12.3. The molecular formula is C17H13F6N. The second-order valence-corrected chi connectivity index (χ2v) is 5.73. The van der Waals surface area contributed by atoms with E-state index in [0.29, 0.717) is 12.8 Å². The minimum absolute atomic E-state index is 0.00773. The van der Waals surface area contributed by atoms with E-state index in [1.807, 2.05) is 12.1 Å². The van der Waals surface area contributed by atoms with Crippen molar-refractivity contribution in [2.24, 2.45) is 0 Å². The lowest BCUT2D eigenvalue weighted by atomic mass is 9.91. The Morgan fingerprint density at radius 3 is 2.00 bits per heavy atom. The highest BCUT2D eigenvalue weighted by Crippen LogP contribution is 2.40. The molecule has 1 unspecified atom stereocenters. The van der Waals surface area contributed by atoms with Crippen molar-refractivity contribution in [1.82, 2.24) is 0 Å². The Kier molecular flexibility index (Phi) is 3.97. The number of aryl methyl sites for hydroxylation is 1. The number of alkyl halides is 6. The van der Waals surface area contributed by atoms with E-state index in [0.717, 1.165) is 23.4 Å². The molecule has 1 aliphatic heterocycles. The van der Waals surface area contributed by atoms with Crippen LogP contribution in [0.15, 0.2) is 42.5 Å². The van der Waals surface area contributed by atoms with Crippen LogP contribution in [0.3, 0.4) is 0 Å². The number of nitrogens with one attached hydrogen (secondary N) is 1. The molecule has 0 aliphatic carbocycles. The highest BCUT2D eigenvalue weighted by molar-refractivity contribution is 5.55. The Labute approximate surface area is 134 Å². The third-order valence-electron chi connectivity index (χ3n) is 4.06. The van der Waals surface area contributed by atoms with Gasteiger partial charge in [0.1, 0.15) is 0 Å². The van der Waals surface area contributed by atoms with Crippen LogP contribution in [0.25, 0.3) is 0 Å². The van der Waals surface area contributed by atoms with E-state index in [-0.39, 0.29) is 11.6 Å². The molecule has 1 heterocycles. The summed E-state index contributed by atoms with van der Waals surface area (Å²) in [5.74, 6) is 0. The molecule has 1 N–H and O–H groups in total. The van der Waals surface area contributed by atoms with Gasteiger partial charge < -0.3 is 5.32 Å². The number of anilines is 1. The van der Waals surface area contributed by atoms with Gasteiger partial charge in [-0.3, -0.25) is 0 Å². The molecule has 24 heavy (non-hydrogen) atoms. The van der Waals surface area contributed by atoms with Gasteiger partial charge >= 0.3 is 12.4 Å². The minimum atomic E-state index is -4.83. The van der Waals surface area contributed by atoms with E-state index in [9.17, 15) is 26.3 Å². The van der Waals surface area contributed by atoms with Gasteiger partial charge in [-0.2, -0.15) is 26.3 Å². The average molecular weight is 345 g/mol. The van der Waals surface area contributed by atoms with Gasteiger partial charge in [-0.15, -0.1) is 0 Å². The van der Waals surface area contributed by atoms with Crippen LogP contribution >= 0.6 is 0 Å². The molecular weight excluding hydrogens is 332 g/mol. The smallest absolute Gasteiger partial charge is 0.378 e. The number of hydrogen-bond donors (Lipinski definition) is 1. The monoisotopic (exact) mass is 345 g/mol. The lowest BCUT2D eigenvalue weighted by Crippen LogP contribution is -2.20. The topological polar surface area (TPSA) is 12.0 Å². The molecule has 0 saturated heterocycles. The maximum Gasteiger partial charge on any atom is 0.416 e. The molecule has 0 spiro atoms. The summed E-state index contributed by atoms with van der Waals surface area (Å²) in [7, 11) is 0. The summed E-state index contributed by atoms with van der Waals surface area (Å²) in [5, 5.41) is 3.04. The summed E-state index contributed by atoms with van der Waals surface area (Å²) in [5.41, 5.74) is -0.843. The van der Waals surface area contributed by atoms with Gasteiger partial charge in [-0.25, -0.2) is 0 Å². The Hall–Kier alpha value is -2.18. The van der Waals surface area contributed by atoms with E-state index in [2.05, 4.69) is 5.32 Å². The summed E-state index contributed by atoms with van der Waals surface area (Å²) in [6.07, 6.45) is -8.65. The van der Waals surface area contributed by atoms with Crippen molar-refractivity contribution < 1.29 is 26.3 Å². The normalized spacial score (nSPS) is 18.0. The second kappa shape index (κ2) is 5.72. The maximum absolute atomic E-state index is 13.0. The summed E-state index contributed by atoms with van der Waals surface area (Å²) >= 11 is 0. The number of para-hydroxylation sites is 1. The minimum Gasteiger partial charge on any atom is -0.378 e. The number of hydrogen-bond acceptors (Lipinski definition) is 1. The van der Waals surface area contributed by atoms with E-state index >= 15 is 0 Å². The molecule has 128 valence electrons. The fraction of sp³-hybridized carbons (Fsp3) is 0.294. The van der Waals surface area contributed by atoms with Crippen LogP contribution in [0.2, 0.25) is 0 Å². The lowest BCUT2D eigenvalue weighted by Gasteiger charge is -2.28. The molecule has 7 heteroatoms. The quantitative estimate of drug-likeness (QED) is 0.642. The van der Waals surface area contributed by atoms with E-state index in [4.69, 9.17) is 0 Å². The molecule has 0 bridgehead atoms. The second-order valence-electron chi connectivity index (χ2n) is 5.73. The highest BCUT2D eigenvalue weighted by Gasteiger charge is 2.37. The average Bonchev–Trinajstić information content (AvgIpc) is 2.52. The number of fused-ring (bicyclic) bond motifs is 1. The predicted molar refractivity (Wildman–Crippen MR) is 77.6 cm³/mol. The van der Waals surface area contributed by atoms with Crippen LogP contribution in [-0.4, -0.2) is 0 Å². The first-order valence-corrected chi connectivity index (χ1v) is 7.28. The van der Waals surface area contributed by atoms with Crippen molar-refractivity contribution in [3.05, 3.63) is 64.7 Å². The van der Waals surface area contributed by atoms with Crippen molar-refractivity contribution >= 4 is 5.69 Å². The first-order valence-electron chi connectivity index (χ1n) is 7.28. The molecule has 1 nitrogen and oxygen atoms in total. The molecule has 2 aromatic rings. The summed E-state index contributed by atoms with van der Waals surface area (Å²) in [6.45, 7) is 0. The van der Waals surface area contributed by atoms with Crippen LogP contribution in [0.4, 0.5) is 32.0 Å². The predicted octanol–water partition coefficient (Wildman–Crippen LogP) is 5.82. The van der Waals surface area contributed by atoms with Crippen LogP contribution in [0.5, 0.6) is 0 Å². The van der Waals surface area contributed by atoms with Crippen LogP contribution < -0.4 is 5.32 Å². The van der Waals surface area contributed by atoms with Crippen LogP contribution in [0, 0.1) is 0 Å². The van der Waals surface area contributed by atoms with Gasteiger partial charge in [0, 0.05) is 5.69 Å². The molecule has 3 rings (SSSR count). The summed E-state index contributed by atoms with van der Waals surface area (Å²) < 4.78 is 77.7. The summed E-state index contributed by atoms with van der Waals surface area (Å²) in [6, 6.07) is 8.39. The van der Waals surface area contributed by atoms with Crippen molar-refractivity contribution in [3.8, 4) is 0 Å². The van der Waals surface area contributed by atoms with E-state index in [1.54, 1.807) is 12.1 Å². The van der Waals surface area contributed by atoms with E-state index < -0.39 is 29.5 Å². The Balaban J connectivity index is 2.02. The standard InChI is InChI=1S/C17H13F6N/c18-16(19,20)12-7-11(8-13(9-12)17(21,22)23)15-6-5-10-3-1-2-4-14(10)24-15/h1-4,7-9,15,24H,5-6H2. The molecule has 0 radical (unpaired) electrons. The third-order valence-corrected chi connectivity index (χ3v) is 4.06. The van der Waals surface area contributed by atoms with Crippen LogP contribution in [-0.2, 0) is 18.8 Å². The van der Waals surface area contributed by atoms with Gasteiger partial charge in [0.15, 0.2) is 0 Å². The Morgan fingerprint density at radius 1 is 0.833 bits per heavy atom. The first-order chi connectivity index (χ1) is 11.1. The number of halogens is 6. The van der Waals surface area contributed by atoms with Crippen molar-refractivity contribution in [2.45, 2.75) is 31.2 Å². The molecule has 2 aromatic carbocycles. The molecule has 0 aromatic heterocycles.